The van der Waals surface area contributed by atoms with Crippen LogP contribution in [0.2, 0.25) is 0 Å². The van der Waals surface area contributed by atoms with Crippen molar-refractivity contribution in [3.8, 4) is 0 Å². The summed E-state index contributed by atoms with van der Waals surface area (Å²) in [5.41, 5.74) is 4.98. The zero-order chi connectivity index (χ0) is 13.0. The van der Waals surface area contributed by atoms with E-state index in [9.17, 15) is 0 Å². The van der Waals surface area contributed by atoms with Gasteiger partial charge in [0.1, 0.15) is 0 Å². The molecule has 1 heterocycles. The average molecular weight is 305 g/mol. The fourth-order valence-electron chi connectivity index (χ4n) is 1.84. The summed E-state index contributed by atoms with van der Waals surface area (Å²) < 4.78 is 8.21. The highest BCUT2D eigenvalue weighted by Crippen LogP contribution is 2.22. The summed E-state index contributed by atoms with van der Waals surface area (Å²) in [6, 6.07) is 0.177. The molecule has 0 spiro atoms. The molecule has 1 rings (SSSR count). The van der Waals surface area contributed by atoms with E-state index in [0.29, 0.717) is 0 Å². The number of nitrogens with two attached hydrogens (primary N) is 1. The van der Waals surface area contributed by atoms with Crippen molar-refractivity contribution in [1.29, 1.82) is 0 Å². The molecule has 0 bridgehead atoms. The van der Waals surface area contributed by atoms with E-state index in [4.69, 9.17) is 10.6 Å². The third kappa shape index (κ3) is 3.77. The van der Waals surface area contributed by atoms with Gasteiger partial charge in [-0.1, -0.05) is 0 Å². The number of ether oxygens (including phenoxy) is 1. The Labute approximate surface area is 111 Å². The molecular weight excluding hydrogens is 284 g/mol. The summed E-state index contributed by atoms with van der Waals surface area (Å²) in [5.74, 6) is 5.58. The van der Waals surface area contributed by atoms with Crippen molar-refractivity contribution in [2.24, 2.45) is 12.9 Å². The first kappa shape index (κ1) is 14.6. The van der Waals surface area contributed by atoms with Gasteiger partial charge in [-0.3, -0.25) is 16.0 Å². The molecule has 0 aliphatic carbocycles. The summed E-state index contributed by atoms with van der Waals surface area (Å²) in [5, 5.41) is 4.37. The van der Waals surface area contributed by atoms with Crippen LogP contribution in [-0.2, 0) is 18.2 Å². The van der Waals surface area contributed by atoms with Crippen molar-refractivity contribution in [3.05, 3.63) is 15.9 Å². The topological polar surface area (TPSA) is 65.1 Å². The predicted octanol–water partition coefficient (Wildman–Crippen LogP) is 1.29. The Morgan fingerprint density at radius 1 is 1.59 bits per heavy atom. The SMILES string of the molecule is COC(C)CC(Cc1c(Br)c(C)nn1C)NN. The van der Waals surface area contributed by atoms with E-state index in [1.165, 1.54) is 0 Å². The first-order chi connectivity index (χ1) is 7.99. The normalized spacial score (nSPS) is 14.9. The van der Waals surface area contributed by atoms with Gasteiger partial charge < -0.3 is 4.74 Å². The van der Waals surface area contributed by atoms with Gasteiger partial charge in [0.15, 0.2) is 0 Å². The lowest BCUT2D eigenvalue weighted by molar-refractivity contribution is 0.100. The number of rotatable bonds is 6. The molecule has 98 valence electrons. The van der Waals surface area contributed by atoms with Crippen LogP contribution >= 0.6 is 15.9 Å². The predicted molar refractivity (Wildman–Crippen MR) is 71.5 cm³/mol. The highest BCUT2D eigenvalue weighted by Gasteiger charge is 2.17. The fraction of sp³-hybridized carbons (Fsp3) is 0.727. The number of aryl methyl sites for hydroxylation is 2. The molecule has 2 atom stereocenters. The van der Waals surface area contributed by atoms with Crippen LogP contribution in [-0.4, -0.2) is 29.0 Å². The minimum atomic E-state index is 0.177. The van der Waals surface area contributed by atoms with Crippen molar-refractivity contribution in [1.82, 2.24) is 15.2 Å². The van der Waals surface area contributed by atoms with Crippen molar-refractivity contribution < 1.29 is 4.74 Å². The Morgan fingerprint density at radius 2 is 2.24 bits per heavy atom. The molecule has 0 aromatic carbocycles. The van der Waals surface area contributed by atoms with Crippen LogP contribution in [0.15, 0.2) is 4.47 Å². The van der Waals surface area contributed by atoms with Gasteiger partial charge in [0.2, 0.25) is 0 Å². The molecule has 5 nitrogen and oxygen atoms in total. The second kappa shape index (κ2) is 6.49. The largest absolute Gasteiger partial charge is 0.382 e. The molecular formula is C11H21BrN4O. The van der Waals surface area contributed by atoms with E-state index in [1.807, 2.05) is 25.6 Å². The van der Waals surface area contributed by atoms with Crippen LogP contribution in [0.1, 0.15) is 24.7 Å². The molecule has 1 aromatic rings. The number of hydrazine groups is 1. The number of nitrogens with one attached hydrogen (secondary N) is 1. The van der Waals surface area contributed by atoms with Crippen LogP contribution in [0.3, 0.4) is 0 Å². The Morgan fingerprint density at radius 3 is 2.65 bits per heavy atom. The molecule has 0 saturated heterocycles. The number of hydrogen-bond acceptors (Lipinski definition) is 4. The molecule has 0 aliphatic heterocycles. The summed E-state index contributed by atoms with van der Waals surface area (Å²) in [6.45, 7) is 4.02. The van der Waals surface area contributed by atoms with Crippen LogP contribution < -0.4 is 11.3 Å². The maximum absolute atomic E-state index is 5.58. The smallest absolute Gasteiger partial charge is 0.0738 e. The molecule has 6 heteroatoms. The van der Waals surface area contributed by atoms with E-state index in [1.54, 1.807) is 7.11 Å². The van der Waals surface area contributed by atoms with E-state index in [-0.39, 0.29) is 12.1 Å². The molecule has 0 fully saturated rings. The van der Waals surface area contributed by atoms with E-state index < -0.39 is 0 Å². The maximum Gasteiger partial charge on any atom is 0.0738 e. The van der Waals surface area contributed by atoms with Gasteiger partial charge in [-0.2, -0.15) is 5.10 Å². The quantitative estimate of drug-likeness (QED) is 0.614. The third-order valence-corrected chi connectivity index (χ3v) is 3.99. The van der Waals surface area contributed by atoms with Crippen molar-refractivity contribution >= 4 is 15.9 Å². The number of halogens is 1. The Bertz CT molecular complexity index is 367. The first-order valence-corrected chi connectivity index (χ1v) is 6.45. The fourth-order valence-corrected chi connectivity index (χ4v) is 2.34. The Kier molecular flexibility index (Phi) is 5.58. The van der Waals surface area contributed by atoms with Crippen LogP contribution in [0.5, 0.6) is 0 Å². The number of aromatic nitrogens is 2. The van der Waals surface area contributed by atoms with Gasteiger partial charge in [-0.05, 0) is 36.2 Å². The van der Waals surface area contributed by atoms with Crippen molar-refractivity contribution in [3.63, 3.8) is 0 Å². The van der Waals surface area contributed by atoms with Crippen LogP contribution in [0, 0.1) is 6.92 Å². The van der Waals surface area contributed by atoms with Gasteiger partial charge in [0, 0.05) is 26.6 Å². The molecule has 0 radical (unpaired) electrons. The second-order valence-corrected chi connectivity index (χ2v) is 5.11. The van der Waals surface area contributed by atoms with E-state index in [0.717, 1.165) is 28.7 Å². The van der Waals surface area contributed by atoms with Crippen LogP contribution in [0.4, 0.5) is 0 Å². The molecule has 2 unspecified atom stereocenters. The Hall–Kier alpha value is -0.430. The van der Waals surface area contributed by atoms with E-state index >= 15 is 0 Å². The average Bonchev–Trinajstić information content (AvgIpc) is 2.54. The van der Waals surface area contributed by atoms with Gasteiger partial charge >= 0.3 is 0 Å². The number of nitrogens with zero attached hydrogens (tertiary/aromatic N) is 2. The summed E-state index contributed by atoms with van der Waals surface area (Å²) >= 11 is 3.56. The summed E-state index contributed by atoms with van der Waals surface area (Å²) in [4.78, 5) is 0. The number of hydrogen-bond donors (Lipinski definition) is 2. The molecule has 17 heavy (non-hydrogen) atoms. The molecule has 3 N–H and O–H groups in total. The summed E-state index contributed by atoms with van der Waals surface area (Å²) in [7, 11) is 3.66. The minimum Gasteiger partial charge on any atom is -0.382 e. The lowest BCUT2D eigenvalue weighted by Crippen LogP contribution is -2.39. The van der Waals surface area contributed by atoms with E-state index in [2.05, 4.69) is 26.5 Å². The maximum atomic E-state index is 5.58. The van der Waals surface area contributed by atoms with Crippen molar-refractivity contribution in [2.45, 2.75) is 38.8 Å². The molecule has 0 amide bonds. The monoisotopic (exact) mass is 304 g/mol. The van der Waals surface area contributed by atoms with Crippen LogP contribution in [0.25, 0.3) is 0 Å². The molecule has 1 aromatic heterocycles. The lowest BCUT2D eigenvalue weighted by atomic mass is 10.1. The highest BCUT2D eigenvalue weighted by molar-refractivity contribution is 9.10. The molecule has 0 saturated carbocycles. The first-order valence-electron chi connectivity index (χ1n) is 5.66. The van der Waals surface area contributed by atoms with Gasteiger partial charge in [0.05, 0.1) is 22.0 Å². The Balaban J connectivity index is 2.73. The van der Waals surface area contributed by atoms with Gasteiger partial charge in [-0.15, -0.1) is 0 Å². The summed E-state index contributed by atoms with van der Waals surface area (Å²) in [6.07, 6.45) is 1.87. The standard InChI is InChI=1S/C11H21BrN4O/c1-7(17-4)5-9(14-13)6-10-11(12)8(2)15-16(10)3/h7,9,14H,5-6,13H2,1-4H3. The lowest BCUT2D eigenvalue weighted by Gasteiger charge is -2.19. The number of methoxy groups -OCH3 is 1. The zero-order valence-corrected chi connectivity index (χ0v) is 12.4. The third-order valence-electron chi connectivity index (χ3n) is 2.96. The second-order valence-electron chi connectivity index (χ2n) is 4.32. The highest BCUT2D eigenvalue weighted by atomic mass is 79.9. The minimum absolute atomic E-state index is 0.177. The van der Waals surface area contributed by atoms with Gasteiger partial charge in [-0.25, -0.2) is 0 Å². The zero-order valence-electron chi connectivity index (χ0n) is 10.8. The molecule has 0 aliphatic rings. The van der Waals surface area contributed by atoms with Gasteiger partial charge in [0.25, 0.3) is 0 Å². The van der Waals surface area contributed by atoms with Crippen molar-refractivity contribution in [2.75, 3.05) is 7.11 Å².